The molecule has 0 radical (unpaired) electrons. The second-order valence-corrected chi connectivity index (χ2v) is 7.38. The summed E-state index contributed by atoms with van der Waals surface area (Å²) in [7, 11) is 1.60. The topological polar surface area (TPSA) is 74.3 Å². The number of rotatable bonds is 8. The Morgan fingerprint density at radius 2 is 1.88 bits per heavy atom. The van der Waals surface area contributed by atoms with E-state index in [2.05, 4.69) is 4.74 Å². The van der Waals surface area contributed by atoms with Gasteiger partial charge in [0.15, 0.2) is 0 Å². The van der Waals surface area contributed by atoms with E-state index in [4.69, 9.17) is 14.2 Å². The van der Waals surface area contributed by atoms with Crippen LogP contribution in [-0.2, 0) is 25.7 Å². The molecule has 2 aromatic carbocycles. The van der Waals surface area contributed by atoms with Crippen LogP contribution in [0.1, 0.15) is 23.7 Å². The Hall–Kier alpha value is -3.11. The predicted molar refractivity (Wildman–Crippen MR) is 111 cm³/mol. The van der Waals surface area contributed by atoms with Crippen molar-refractivity contribution in [2.24, 2.45) is 0 Å². The summed E-state index contributed by atoms with van der Waals surface area (Å²) in [6, 6.07) is 15.0. The maximum atomic E-state index is 12.2. The number of halogens is 3. The molecule has 0 amide bonds. The van der Waals surface area contributed by atoms with E-state index in [1.807, 2.05) is 53.4 Å². The SMILES string of the molecule is COc1cccc(COc2ccc(C3CN(CCC(=O)OC(=O)C(F)(F)F)CCO3)cc2)c1. The number of methoxy groups -OCH3 is 1. The van der Waals surface area contributed by atoms with E-state index in [0.29, 0.717) is 32.1 Å². The number of morpholine rings is 1. The molecule has 1 unspecified atom stereocenters. The normalized spacial score (nSPS) is 16.8. The van der Waals surface area contributed by atoms with Crippen LogP contribution in [0.25, 0.3) is 0 Å². The van der Waals surface area contributed by atoms with E-state index in [9.17, 15) is 22.8 Å². The number of esters is 2. The number of nitrogens with zero attached hydrogens (tertiary/aromatic N) is 1. The summed E-state index contributed by atoms with van der Waals surface area (Å²) in [6.45, 7) is 1.90. The van der Waals surface area contributed by atoms with Crippen molar-refractivity contribution in [3.8, 4) is 11.5 Å². The number of carbonyl (C=O) groups is 2. The molecule has 1 aliphatic rings. The highest BCUT2D eigenvalue weighted by Crippen LogP contribution is 2.25. The van der Waals surface area contributed by atoms with Gasteiger partial charge in [-0.25, -0.2) is 4.79 Å². The smallest absolute Gasteiger partial charge is 0.491 e. The Kier molecular flexibility index (Phi) is 8.29. The predicted octanol–water partition coefficient (Wildman–Crippen LogP) is 3.67. The first kappa shape index (κ1) is 24.5. The lowest BCUT2D eigenvalue weighted by Gasteiger charge is -2.33. The van der Waals surface area contributed by atoms with Crippen LogP contribution in [0.3, 0.4) is 0 Å². The van der Waals surface area contributed by atoms with Crippen molar-refractivity contribution in [2.75, 3.05) is 33.4 Å². The lowest BCUT2D eigenvalue weighted by molar-refractivity contribution is -0.202. The van der Waals surface area contributed by atoms with Crippen LogP contribution >= 0.6 is 0 Å². The molecule has 33 heavy (non-hydrogen) atoms. The number of ether oxygens (including phenoxy) is 4. The highest BCUT2D eigenvalue weighted by Gasteiger charge is 2.42. The third kappa shape index (κ3) is 7.47. The Morgan fingerprint density at radius 3 is 2.58 bits per heavy atom. The van der Waals surface area contributed by atoms with E-state index in [1.165, 1.54) is 0 Å². The van der Waals surface area contributed by atoms with E-state index in [1.54, 1.807) is 7.11 Å². The van der Waals surface area contributed by atoms with Crippen LogP contribution in [-0.4, -0.2) is 56.4 Å². The summed E-state index contributed by atoms with van der Waals surface area (Å²) in [5.74, 6) is -2.27. The zero-order chi connectivity index (χ0) is 23.8. The molecule has 2 aromatic rings. The molecule has 0 aromatic heterocycles. The fourth-order valence-corrected chi connectivity index (χ4v) is 3.28. The molecule has 1 atom stereocenters. The zero-order valence-electron chi connectivity index (χ0n) is 18.0. The van der Waals surface area contributed by atoms with Gasteiger partial charge in [0.1, 0.15) is 18.1 Å². The van der Waals surface area contributed by atoms with Gasteiger partial charge in [0.25, 0.3) is 0 Å². The number of hydrogen-bond donors (Lipinski definition) is 0. The molecule has 178 valence electrons. The summed E-state index contributed by atoms with van der Waals surface area (Å²) in [5.41, 5.74) is 1.88. The quantitative estimate of drug-likeness (QED) is 0.433. The Balaban J connectivity index is 1.47. The second kappa shape index (κ2) is 11.2. The molecule has 1 aliphatic heterocycles. The van der Waals surface area contributed by atoms with Crippen molar-refractivity contribution in [3.05, 3.63) is 59.7 Å². The molecule has 7 nitrogen and oxygen atoms in total. The average molecular weight is 467 g/mol. The lowest BCUT2D eigenvalue weighted by Crippen LogP contribution is -2.39. The zero-order valence-corrected chi connectivity index (χ0v) is 18.0. The summed E-state index contributed by atoms with van der Waals surface area (Å²) >= 11 is 0. The first-order valence-electron chi connectivity index (χ1n) is 10.3. The summed E-state index contributed by atoms with van der Waals surface area (Å²) in [6.07, 6.45) is -5.78. The molecule has 0 aliphatic carbocycles. The van der Waals surface area contributed by atoms with Gasteiger partial charge in [-0.05, 0) is 35.4 Å². The molecule has 1 saturated heterocycles. The summed E-state index contributed by atoms with van der Waals surface area (Å²) in [4.78, 5) is 24.1. The highest BCUT2D eigenvalue weighted by molar-refractivity contribution is 5.88. The number of hydrogen-bond acceptors (Lipinski definition) is 7. The Bertz CT molecular complexity index is 948. The fourth-order valence-electron chi connectivity index (χ4n) is 3.28. The van der Waals surface area contributed by atoms with Crippen molar-refractivity contribution >= 4 is 11.9 Å². The Labute approximate surface area is 189 Å². The van der Waals surface area contributed by atoms with Crippen LogP contribution in [0, 0.1) is 0 Å². The van der Waals surface area contributed by atoms with Crippen LogP contribution < -0.4 is 9.47 Å². The summed E-state index contributed by atoms with van der Waals surface area (Å²) < 4.78 is 57.1. The maximum Gasteiger partial charge on any atom is 0.491 e. The maximum absolute atomic E-state index is 12.2. The van der Waals surface area contributed by atoms with Gasteiger partial charge in [-0.3, -0.25) is 9.69 Å². The molecule has 0 saturated carbocycles. The standard InChI is InChI=1S/C23H24F3NO6/c1-30-19-4-2-3-16(13-19)15-32-18-7-5-17(6-8-18)20-14-27(11-12-31-20)10-9-21(28)33-22(29)23(24,25)26/h2-8,13,20H,9-12,14-15H2,1H3. The van der Waals surface area contributed by atoms with E-state index >= 15 is 0 Å². The number of alkyl halides is 3. The third-order valence-corrected chi connectivity index (χ3v) is 5.01. The van der Waals surface area contributed by atoms with E-state index < -0.39 is 18.1 Å². The molecule has 0 spiro atoms. The first-order valence-corrected chi connectivity index (χ1v) is 10.3. The number of benzene rings is 2. The highest BCUT2D eigenvalue weighted by atomic mass is 19.4. The molecule has 1 fully saturated rings. The van der Waals surface area contributed by atoms with Gasteiger partial charge in [0.05, 0.1) is 26.2 Å². The van der Waals surface area contributed by atoms with Crippen LogP contribution in [0.2, 0.25) is 0 Å². The van der Waals surface area contributed by atoms with Gasteiger partial charge in [0, 0.05) is 19.6 Å². The molecule has 10 heteroatoms. The molecular weight excluding hydrogens is 443 g/mol. The van der Waals surface area contributed by atoms with Crippen molar-refractivity contribution < 1.29 is 41.7 Å². The first-order chi connectivity index (χ1) is 15.7. The van der Waals surface area contributed by atoms with E-state index in [0.717, 1.165) is 16.9 Å². The van der Waals surface area contributed by atoms with Gasteiger partial charge >= 0.3 is 18.1 Å². The van der Waals surface area contributed by atoms with Crippen molar-refractivity contribution in [1.29, 1.82) is 0 Å². The minimum absolute atomic E-state index is 0.158. The van der Waals surface area contributed by atoms with Crippen LogP contribution in [0.5, 0.6) is 11.5 Å². The fraction of sp³-hybridized carbons (Fsp3) is 0.391. The molecule has 1 heterocycles. The minimum atomic E-state index is -5.19. The molecule has 0 bridgehead atoms. The van der Waals surface area contributed by atoms with Crippen LogP contribution in [0.15, 0.2) is 48.5 Å². The largest absolute Gasteiger partial charge is 0.497 e. The van der Waals surface area contributed by atoms with Crippen molar-refractivity contribution in [1.82, 2.24) is 4.90 Å². The monoisotopic (exact) mass is 467 g/mol. The Morgan fingerprint density at radius 1 is 1.12 bits per heavy atom. The molecule has 3 rings (SSSR count). The average Bonchev–Trinajstić information content (AvgIpc) is 2.81. The van der Waals surface area contributed by atoms with Crippen molar-refractivity contribution in [2.45, 2.75) is 25.3 Å². The van der Waals surface area contributed by atoms with Crippen LogP contribution in [0.4, 0.5) is 13.2 Å². The van der Waals surface area contributed by atoms with Gasteiger partial charge < -0.3 is 18.9 Å². The van der Waals surface area contributed by atoms with Gasteiger partial charge in [0.2, 0.25) is 0 Å². The number of carbonyl (C=O) groups excluding carboxylic acids is 2. The minimum Gasteiger partial charge on any atom is -0.497 e. The summed E-state index contributed by atoms with van der Waals surface area (Å²) in [5, 5.41) is 0. The third-order valence-electron chi connectivity index (χ3n) is 5.01. The van der Waals surface area contributed by atoms with E-state index in [-0.39, 0.29) is 19.1 Å². The second-order valence-electron chi connectivity index (χ2n) is 7.38. The van der Waals surface area contributed by atoms with Gasteiger partial charge in [-0.1, -0.05) is 24.3 Å². The lowest BCUT2D eigenvalue weighted by atomic mass is 10.1. The van der Waals surface area contributed by atoms with Crippen molar-refractivity contribution in [3.63, 3.8) is 0 Å². The van der Waals surface area contributed by atoms with Gasteiger partial charge in [-0.15, -0.1) is 0 Å². The van der Waals surface area contributed by atoms with Gasteiger partial charge in [-0.2, -0.15) is 13.2 Å². The molecule has 0 N–H and O–H groups in total. The molecular formula is C23H24F3NO6.